The number of ether oxygens (including phenoxy) is 1. The summed E-state index contributed by atoms with van der Waals surface area (Å²) in [5.41, 5.74) is 1.59. The van der Waals surface area contributed by atoms with E-state index in [4.69, 9.17) is 16.3 Å². The van der Waals surface area contributed by atoms with Crippen molar-refractivity contribution in [3.63, 3.8) is 0 Å². The number of aromatic nitrogens is 3. The van der Waals surface area contributed by atoms with Gasteiger partial charge in [0.15, 0.2) is 5.82 Å². The molecule has 3 heterocycles. The van der Waals surface area contributed by atoms with Gasteiger partial charge in [0, 0.05) is 18.2 Å². The Morgan fingerprint density at radius 2 is 1.92 bits per heavy atom. The molecule has 26 heavy (non-hydrogen) atoms. The first-order chi connectivity index (χ1) is 12.6. The van der Waals surface area contributed by atoms with E-state index < -0.39 is 24.4 Å². The standard InChI is InChI=1S/C17H23ClN4O4/c18-17-20-16(19-9-3-1-2-4-9)11-6-5-10(22(11)21-17)7-12-14(24)15(25)13(8-23)26-12/h5-6,9,12-15,23-25H,1-4,7-8H2,(H,19,20,21)/t12-,13+,14-,15+/m0/s1. The van der Waals surface area contributed by atoms with Gasteiger partial charge in [0.2, 0.25) is 5.28 Å². The number of rotatable bonds is 5. The summed E-state index contributed by atoms with van der Waals surface area (Å²) in [7, 11) is 0. The number of aliphatic hydroxyl groups excluding tert-OH is 3. The molecule has 8 nitrogen and oxygen atoms in total. The highest BCUT2D eigenvalue weighted by Gasteiger charge is 2.42. The van der Waals surface area contributed by atoms with Gasteiger partial charge < -0.3 is 25.4 Å². The first kappa shape index (κ1) is 17.9. The highest BCUT2D eigenvalue weighted by atomic mass is 35.5. The zero-order valence-electron chi connectivity index (χ0n) is 14.3. The van der Waals surface area contributed by atoms with Crippen LogP contribution in [0.1, 0.15) is 31.4 Å². The van der Waals surface area contributed by atoms with Crippen LogP contribution >= 0.6 is 11.6 Å². The molecule has 0 bridgehead atoms. The second-order valence-corrected chi connectivity index (χ2v) is 7.40. The van der Waals surface area contributed by atoms with Crippen molar-refractivity contribution in [1.29, 1.82) is 0 Å². The Morgan fingerprint density at radius 1 is 1.19 bits per heavy atom. The minimum atomic E-state index is -1.10. The maximum absolute atomic E-state index is 10.2. The SMILES string of the molecule is OC[C@H]1O[C@@H](Cc2ccc3c(NC4CCCC4)nc(Cl)nn23)[C@H](O)[C@@H]1O. The highest BCUT2D eigenvalue weighted by molar-refractivity contribution is 6.28. The fraction of sp³-hybridized carbons (Fsp3) is 0.647. The summed E-state index contributed by atoms with van der Waals surface area (Å²) in [6.07, 6.45) is 1.42. The molecule has 1 saturated heterocycles. The number of halogens is 1. The molecule has 4 N–H and O–H groups in total. The monoisotopic (exact) mass is 382 g/mol. The zero-order valence-corrected chi connectivity index (χ0v) is 15.0. The number of nitrogens with one attached hydrogen (secondary N) is 1. The second-order valence-electron chi connectivity index (χ2n) is 7.06. The van der Waals surface area contributed by atoms with Crippen LogP contribution in [0.5, 0.6) is 0 Å². The van der Waals surface area contributed by atoms with E-state index in [1.165, 1.54) is 12.8 Å². The first-order valence-corrected chi connectivity index (χ1v) is 9.37. The van der Waals surface area contributed by atoms with E-state index >= 15 is 0 Å². The van der Waals surface area contributed by atoms with Gasteiger partial charge in [-0.05, 0) is 36.6 Å². The van der Waals surface area contributed by atoms with E-state index in [0.717, 1.165) is 24.1 Å². The average molecular weight is 383 g/mol. The lowest BCUT2D eigenvalue weighted by atomic mass is 10.0. The number of hydrogen-bond acceptors (Lipinski definition) is 7. The van der Waals surface area contributed by atoms with Crippen LogP contribution in [0, 0.1) is 0 Å². The Hall–Kier alpha value is -1.45. The number of anilines is 1. The zero-order chi connectivity index (χ0) is 18.3. The van der Waals surface area contributed by atoms with Gasteiger partial charge in [0.1, 0.15) is 23.8 Å². The molecule has 0 amide bonds. The Balaban J connectivity index is 1.59. The van der Waals surface area contributed by atoms with Crippen molar-refractivity contribution in [3.8, 4) is 0 Å². The van der Waals surface area contributed by atoms with Gasteiger partial charge in [0.25, 0.3) is 0 Å². The topological polar surface area (TPSA) is 112 Å². The Kier molecular flexibility index (Phi) is 5.02. The van der Waals surface area contributed by atoms with E-state index in [9.17, 15) is 15.3 Å². The molecule has 2 aromatic rings. The normalized spacial score (nSPS) is 29.7. The molecule has 0 unspecified atom stereocenters. The van der Waals surface area contributed by atoms with Crippen molar-refractivity contribution in [2.45, 2.75) is 62.6 Å². The van der Waals surface area contributed by atoms with Crippen molar-refractivity contribution in [2.75, 3.05) is 11.9 Å². The molecule has 2 aliphatic rings. The molecule has 1 aliphatic heterocycles. The third kappa shape index (κ3) is 3.27. The molecule has 1 aliphatic carbocycles. The number of aliphatic hydroxyl groups is 3. The van der Waals surface area contributed by atoms with Gasteiger partial charge in [-0.2, -0.15) is 4.98 Å². The molecular formula is C17H23ClN4O4. The fourth-order valence-electron chi connectivity index (χ4n) is 3.90. The lowest BCUT2D eigenvalue weighted by Crippen LogP contribution is -2.34. The Morgan fingerprint density at radius 3 is 2.62 bits per heavy atom. The molecule has 142 valence electrons. The van der Waals surface area contributed by atoms with E-state index in [1.807, 2.05) is 12.1 Å². The summed E-state index contributed by atoms with van der Waals surface area (Å²) in [6.45, 7) is -0.340. The number of nitrogens with zero attached hydrogens (tertiary/aromatic N) is 3. The molecule has 0 radical (unpaired) electrons. The van der Waals surface area contributed by atoms with Gasteiger partial charge in [-0.15, -0.1) is 5.10 Å². The molecule has 1 saturated carbocycles. The van der Waals surface area contributed by atoms with Crippen LogP contribution in [0.25, 0.3) is 5.52 Å². The van der Waals surface area contributed by atoms with Gasteiger partial charge in [0.05, 0.1) is 12.7 Å². The predicted molar refractivity (Wildman–Crippen MR) is 95.3 cm³/mol. The number of hydrogen-bond donors (Lipinski definition) is 4. The third-order valence-electron chi connectivity index (χ3n) is 5.31. The van der Waals surface area contributed by atoms with Gasteiger partial charge in [-0.3, -0.25) is 0 Å². The summed E-state index contributed by atoms with van der Waals surface area (Å²) in [6, 6.07) is 4.18. The molecule has 2 fully saturated rings. The highest BCUT2D eigenvalue weighted by Crippen LogP contribution is 2.28. The van der Waals surface area contributed by atoms with E-state index in [0.29, 0.717) is 18.3 Å². The Bertz CT molecular complexity index is 779. The van der Waals surface area contributed by atoms with Gasteiger partial charge >= 0.3 is 0 Å². The van der Waals surface area contributed by atoms with E-state index in [2.05, 4.69) is 15.4 Å². The first-order valence-electron chi connectivity index (χ1n) is 9.00. The molecule has 0 aromatic carbocycles. The van der Waals surface area contributed by atoms with Crippen molar-refractivity contribution in [3.05, 3.63) is 23.1 Å². The van der Waals surface area contributed by atoms with Crippen LogP contribution in [0.15, 0.2) is 12.1 Å². The van der Waals surface area contributed by atoms with E-state index in [-0.39, 0.29) is 11.9 Å². The van der Waals surface area contributed by atoms with Gasteiger partial charge in [-0.1, -0.05) is 12.8 Å². The predicted octanol–water partition coefficient (Wildman–Crippen LogP) is 0.761. The largest absolute Gasteiger partial charge is 0.394 e. The summed E-state index contributed by atoms with van der Waals surface area (Å²) in [4.78, 5) is 4.33. The molecule has 0 spiro atoms. The molecule has 4 atom stereocenters. The maximum Gasteiger partial charge on any atom is 0.243 e. The quantitative estimate of drug-likeness (QED) is 0.604. The van der Waals surface area contributed by atoms with Crippen LogP contribution in [0.3, 0.4) is 0 Å². The molecule has 9 heteroatoms. The summed E-state index contributed by atoms with van der Waals surface area (Å²) >= 11 is 6.12. The van der Waals surface area contributed by atoms with Gasteiger partial charge in [-0.25, -0.2) is 4.52 Å². The Labute approximate surface area is 155 Å². The lowest BCUT2D eigenvalue weighted by molar-refractivity contribution is -0.0218. The minimum absolute atomic E-state index is 0.136. The molecule has 4 rings (SSSR count). The van der Waals surface area contributed by atoms with Crippen molar-refractivity contribution in [2.24, 2.45) is 0 Å². The van der Waals surface area contributed by atoms with Crippen molar-refractivity contribution < 1.29 is 20.1 Å². The molecule has 2 aromatic heterocycles. The van der Waals surface area contributed by atoms with Crippen LogP contribution < -0.4 is 5.32 Å². The third-order valence-corrected chi connectivity index (χ3v) is 5.47. The maximum atomic E-state index is 10.2. The molecular weight excluding hydrogens is 360 g/mol. The summed E-state index contributed by atoms with van der Waals surface area (Å²) < 4.78 is 7.27. The van der Waals surface area contributed by atoms with Crippen molar-refractivity contribution in [1.82, 2.24) is 14.6 Å². The summed E-state index contributed by atoms with van der Waals surface area (Å²) in [5.74, 6) is 0.698. The second kappa shape index (κ2) is 7.28. The van der Waals surface area contributed by atoms with Crippen LogP contribution in [0.4, 0.5) is 5.82 Å². The van der Waals surface area contributed by atoms with Crippen LogP contribution in [0.2, 0.25) is 5.28 Å². The number of fused-ring (bicyclic) bond motifs is 1. The van der Waals surface area contributed by atoms with Crippen molar-refractivity contribution >= 4 is 22.9 Å². The van der Waals surface area contributed by atoms with E-state index in [1.54, 1.807) is 4.52 Å². The van der Waals surface area contributed by atoms with Crippen LogP contribution in [-0.4, -0.2) is 67.0 Å². The fourth-order valence-corrected chi connectivity index (χ4v) is 4.06. The summed E-state index contributed by atoms with van der Waals surface area (Å²) in [5, 5.41) is 37.2. The minimum Gasteiger partial charge on any atom is -0.394 e. The average Bonchev–Trinajstić information content (AvgIpc) is 3.32. The van der Waals surface area contributed by atoms with Crippen LogP contribution in [-0.2, 0) is 11.2 Å². The smallest absolute Gasteiger partial charge is 0.243 e. The lowest BCUT2D eigenvalue weighted by Gasteiger charge is -2.16.